The van der Waals surface area contributed by atoms with Crippen LogP contribution in [0, 0.1) is 0 Å². The highest BCUT2D eigenvalue weighted by atomic mass is 16.2. The Hall–Kier alpha value is -1.55. The summed E-state index contributed by atoms with van der Waals surface area (Å²) >= 11 is 0. The molecule has 0 heterocycles. The average molecular weight is 261 g/mol. The van der Waals surface area contributed by atoms with Gasteiger partial charge in [-0.25, -0.2) is 0 Å². The molecule has 0 fully saturated rings. The van der Waals surface area contributed by atoms with Crippen molar-refractivity contribution >= 4 is 11.6 Å². The molecule has 1 aromatic rings. The Kier molecular flexibility index (Phi) is 4.10. The number of fused-ring (bicyclic) bond motifs is 1. The fraction of sp³-hybridized carbons (Fsp3) is 0.533. The molecule has 1 aliphatic rings. The van der Waals surface area contributed by atoms with Crippen molar-refractivity contribution in [2.75, 3.05) is 19.3 Å². The number of carbonyl (C=O) groups excluding carboxylic acids is 1. The van der Waals surface area contributed by atoms with Crippen LogP contribution in [0.25, 0.3) is 0 Å². The fourth-order valence-corrected chi connectivity index (χ4v) is 2.67. The molecule has 0 bridgehead atoms. The number of likely N-dealkylation sites (N-methyl/N-ethyl adjacent to an activating group) is 1. The Bertz CT molecular complexity index is 472. The van der Waals surface area contributed by atoms with Gasteiger partial charge >= 0.3 is 0 Å². The van der Waals surface area contributed by atoms with Crippen LogP contribution in [0.15, 0.2) is 18.2 Å². The summed E-state index contributed by atoms with van der Waals surface area (Å²) in [6, 6.07) is 6.17. The van der Waals surface area contributed by atoms with Gasteiger partial charge in [0.15, 0.2) is 0 Å². The van der Waals surface area contributed by atoms with Gasteiger partial charge < -0.3 is 10.6 Å². The molecule has 3 N–H and O–H groups in total. The number of benzene rings is 1. The Morgan fingerprint density at radius 2 is 2.32 bits per heavy atom. The third kappa shape index (κ3) is 2.89. The number of hydrogen-bond donors (Lipinski definition) is 2. The van der Waals surface area contributed by atoms with Crippen molar-refractivity contribution in [2.24, 2.45) is 0 Å². The molecule has 2 atom stereocenters. The SMILES string of the molecule is CCN(C)C(=O)C(C)NC1CCc2cc(N)ccc21. The number of nitrogens with one attached hydrogen (secondary N) is 1. The Balaban J connectivity index is 2.05. The number of nitrogen functional groups attached to an aromatic ring is 1. The van der Waals surface area contributed by atoms with E-state index in [9.17, 15) is 4.79 Å². The zero-order chi connectivity index (χ0) is 14.0. The second-order valence-electron chi connectivity index (χ2n) is 5.29. The van der Waals surface area contributed by atoms with Gasteiger partial charge in [0.2, 0.25) is 5.91 Å². The quantitative estimate of drug-likeness (QED) is 0.811. The standard InChI is InChI=1S/C15H23N3O/c1-4-18(3)15(19)10(2)17-14-8-5-11-9-12(16)6-7-13(11)14/h6-7,9-10,14,17H,4-5,8,16H2,1-3H3. The number of nitrogens with zero attached hydrogens (tertiary/aromatic N) is 1. The molecule has 4 nitrogen and oxygen atoms in total. The number of nitrogens with two attached hydrogens (primary N) is 1. The molecule has 19 heavy (non-hydrogen) atoms. The van der Waals surface area contributed by atoms with Crippen molar-refractivity contribution in [3.05, 3.63) is 29.3 Å². The zero-order valence-corrected chi connectivity index (χ0v) is 11.9. The highest BCUT2D eigenvalue weighted by Crippen LogP contribution is 2.32. The fourth-order valence-electron chi connectivity index (χ4n) is 2.67. The monoisotopic (exact) mass is 261 g/mol. The number of anilines is 1. The molecular weight excluding hydrogens is 238 g/mol. The van der Waals surface area contributed by atoms with E-state index in [2.05, 4.69) is 11.4 Å². The number of carbonyl (C=O) groups is 1. The first kappa shape index (κ1) is 13.9. The number of rotatable bonds is 4. The first-order chi connectivity index (χ1) is 9.02. The maximum atomic E-state index is 12.1. The second-order valence-corrected chi connectivity index (χ2v) is 5.29. The largest absolute Gasteiger partial charge is 0.399 e. The lowest BCUT2D eigenvalue weighted by atomic mass is 10.1. The lowest BCUT2D eigenvalue weighted by Crippen LogP contribution is -2.44. The van der Waals surface area contributed by atoms with Gasteiger partial charge in [0, 0.05) is 25.3 Å². The van der Waals surface area contributed by atoms with Crippen LogP contribution in [0.5, 0.6) is 0 Å². The van der Waals surface area contributed by atoms with Crippen molar-refractivity contribution in [2.45, 2.75) is 38.8 Å². The Labute approximate surface area is 115 Å². The lowest BCUT2D eigenvalue weighted by molar-refractivity contribution is -0.131. The van der Waals surface area contributed by atoms with Crippen molar-refractivity contribution < 1.29 is 4.79 Å². The van der Waals surface area contributed by atoms with Gasteiger partial charge in [-0.2, -0.15) is 0 Å². The first-order valence-corrected chi connectivity index (χ1v) is 6.92. The van der Waals surface area contributed by atoms with E-state index in [1.165, 1.54) is 11.1 Å². The summed E-state index contributed by atoms with van der Waals surface area (Å²) in [6.07, 6.45) is 2.06. The Morgan fingerprint density at radius 1 is 1.58 bits per heavy atom. The van der Waals surface area contributed by atoms with Crippen molar-refractivity contribution in [3.63, 3.8) is 0 Å². The molecule has 0 aromatic heterocycles. The Morgan fingerprint density at radius 3 is 3.00 bits per heavy atom. The van der Waals surface area contributed by atoms with Gasteiger partial charge in [0.1, 0.15) is 0 Å². The minimum atomic E-state index is -0.154. The zero-order valence-electron chi connectivity index (χ0n) is 11.9. The van der Waals surface area contributed by atoms with Crippen LogP contribution in [-0.4, -0.2) is 30.4 Å². The summed E-state index contributed by atoms with van der Waals surface area (Å²) < 4.78 is 0. The van der Waals surface area contributed by atoms with E-state index in [0.717, 1.165) is 25.1 Å². The second kappa shape index (κ2) is 5.61. The number of hydrogen-bond acceptors (Lipinski definition) is 3. The van der Waals surface area contributed by atoms with E-state index in [1.54, 1.807) is 4.90 Å². The van der Waals surface area contributed by atoms with Gasteiger partial charge in [0.05, 0.1) is 6.04 Å². The summed E-state index contributed by atoms with van der Waals surface area (Å²) in [5.74, 6) is 0.145. The molecule has 2 rings (SSSR count). The number of amides is 1. The molecule has 0 spiro atoms. The minimum Gasteiger partial charge on any atom is -0.399 e. The molecule has 0 saturated carbocycles. The van der Waals surface area contributed by atoms with Gasteiger partial charge in [-0.05, 0) is 49.9 Å². The van der Waals surface area contributed by atoms with Crippen molar-refractivity contribution in [1.82, 2.24) is 10.2 Å². The van der Waals surface area contributed by atoms with Crippen LogP contribution < -0.4 is 11.1 Å². The van der Waals surface area contributed by atoms with Crippen molar-refractivity contribution in [1.29, 1.82) is 0 Å². The van der Waals surface area contributed by atoms with Crippen LogP contribution >= 0.6 is 0 Å². The summed E-state index contributed by atoms with van der Waals surface area (Å²) in [7, 11) is 1.84. The average Bonchev–Trinajstić information content (AvgIpc) is 2.79. The molecule has 0 radical (unpaired) electrons. The van der Waals surface area contributed by atoms with Crippen LogP contribution in [0.2, 0.25) is 0 Å². The molecule has 1 amide bonds. The molecule has 1 aliphatic carbocycles. The predicted octanol–water partition coefficient (Wildman–Crippen LogP) is 1.71. The van der Waals surface area contributed by atoms with E-state index in [1.807, 2.05) is 33.0 Å². The molecule has 104 valence electrons. The van der Waals surface area contributed by atoms with E-state index in [0.29, 0.717) is 0 Å². The normalized spacial score (nSPS) is 19.0. The van der Waals surface area contributed by atoms with Crippen LogP contribution in [0.3, 0.4) is 0 Å². The molecule has 1 aromatic carbocycles. The third-order valence-corrected chi connectivity index (χ3v) is 3.92. The van der Waals surface area contributed by atoms with E-state index >= 15 is 0 Å². The number of aryl methyl sites for hydroxylation is 1. The molecule has 0 saturated heterocycles. The highest BCUT2D eigenvalue weighted by molar-refractivity contribution is 5.81. The third-order valence-electron chi connectivity index (χ3n) is 3.92. The summed E-state index contributed by atoms with van der Waals surface area (Å²) in [5, 5.41) is 3.44. The maximum Gasteiger partial charge on any atom is 0.239 e. The molecule has 2 unspecified atom stereocenters. The van der Waals surface area contributed by atoms with E-state index < -0.39 is 0 Å². The van der Waals surface area contributed by atoms with E-state index in [4.69, 9.17) is 5.73 Å². The smallest absolute Gasteiger partial charge is 0.239 e. The minimum absolute atomic E-state index is 0.145. The van der Waals surface area contributed by atoms with Crippen LogP contribution in [-0.2, 0) is 11.2 Å². The van der Waals surface area contributed by atoms with Crippen LogP contribution in [0.4, 0.5) is 5.69 Å². The van der Waals surface area contributed by atoms with E-state index in [-0.39, 0.29) is 18.0 Å². The topological polar surface area (TPSA) is 58.4 Å². The highest BCUT2D eigenvalue weighted by Gasteiger charge is 2.26. The van der Waals surface area contributed by atoms with Gasteiger partial charge in [0.25, 0.3) is 0 Å². The first-order valence-electron chi connectivity index (χ1n) is 6.92. The molecular formula is C15H23N3O. The van der Waals surface area contributed by atoms with Gasteiger partial charge in [-0.1, -0.05) is 6.07 Å². The van der Waals surface area contributed by atoms with Crippen molar-refractivity contribution in [3.8, 4) is 0 Å². The van der Waals surface area contributed by atoms with Gasteiger partial charge in [-0.15, -0.1) is 0 Å². The summed E-state index contributed by atoms with van der Waals surface area (Å²) in [6.45, 7) is 4.66. The summed E-state index contributed by atoms with van der Waals surface area (Å²) in [4.78, 5) is 13.8. The lowest BCUT2D eigenvalue weighted by Gasteiger charge is -2.24. The molecule has 4 heteroatoms. The molecule has 0 aliphatic heterocycles. The van der Waals surface area contributed by atoms with Crippen LogP contribution in [0.1, 0.15) is 37.4 Å². The predicted molar refractivity (Wildman–Crippen MR) is 77.8 cm³/mol. The maximum absolute atomic E-state index is 12.1. The van der Waals surface area contributed by atoms with Gasteiger partial charge in [-0.3, -0.25) is 10.1 Å². The summed E-state index contributed by atoms with van der Waals surface area (Å²) in [5.41, 5.74) is 9.21.